The molecule has 0 unspecified atom stereocenters. The molecule has 1 aromatic carbocycles. The van der Waals surface area contributed by atoms with Gasteiger partial charge in [0.1, 0.15) is 10.6 Å². The van der Waals surface area contributed by atoms with E-state index in [1.807, 2.05) is 26.1 Å². The van der Waals surface area contributed by atoms with E-state index in [-0.39, 0.29) is 4.90 Å². The van der Waals surface area contributed by atoms with E-state index in [1.165, 1.54) is 12.7 Å². The van der Waals surface area contributed by atoms with Crippen molar-refractivity contribution in [1.29, 1.82) is 0 Å². The lowest BCUT2D eigenvalue weighted by atomic mass is 9.97. The molecule has 0 atom stereocenters. The fraction of sp³-hybridized carbons (Fsp3) is 0.476. The molecular weight excluding hydrogens is 374 g/mol. The fourth-order valence-corrected chi connectivity index (χ4v) is 4.89. The van der Waals surface area contributed by atoms with Crippen molar-refractivity contribution in [2.45, 2.75) is 38.1 Å². The van der Waals surface area contributed by atoms with Crippen LogP contribution in [0.4, 0.5) is 0 Å². The maximum Gasteiger partial charge on any atom is 0.244 e. The summed E-state index contributed by atoms with van der Waals surface area (Å²) in [4.78, 5) is 6.77. The molecule has 0 amide bonds. The van der Waals surface area contributed by atoms with E-state index in [1.54, 1.807) is 18.3 Å². The van der Waals surface area contributed by atoms with Crippen molar-refractivity contribution >= 4 is 10.0 Å². The highest BCUT2D eigenvalue weighted by atomic mass is 32.2. The highest BCUT2D eigenvalue weighted by molar-refractivity contribution is 7.89. The van der Waals surface area contributed by atoms with Crippen LogP contribution in [0.15, 0.2) is 41.6 Å². The number of benzene rings is 1. The lowest BCUT2D eigenvalue weighted by Gasteiger charge is -2.32. The van der Waals surface area contributed by atoms with Gasteiger partial charge in [-0.3, -0.25) is 9.88 Å². The summed E-state index contributed by atoms with van der Waals surface area (Å²) in [6.45, 7) is 7.14. The molecule has 1 N–H and O–H groups in total. The van der Waals surface area contributed by atoms with E-state index >= 15 is 0 Å². The Morgan fingerprint density at radius 3 is 2.57 bits per heavy atom. The van der Waals surface area contributed by atoms with Crippen LogP contribution in [-0.4, -0.2) is 45.0 Å². The number of aromatic nitrogens is 1. The number of aryl methyl sites for hydroxylation is 2. The topological polar surface area (TPSA) is 71.5 Å². The molecule has 3 rings (SSSR count). The van der Waals surface area contributed by atoms with E-state index in [0.29, 0.717) is 18.2 Å². The fourth-order valence-electron chi connectivity index (χ4n) is 3.54. The molecule has 1 saturated heterocycles. The summed E-state index contributed by atoms with van der Waals surface area (Å²) in [5.74, 6) is 0.736. The third-order valence-corrected chi connectivity index (χ3v) is 6.91. The van der Waals surface area contributed by atoms with Crippen LogP contribution in [0.3, 0.4) is 0 Å². The molecule has 1 fully saturated rings. The number of methoxy groups -OCH3 is 1. The molecule has 1 aromatic heterocycles. The quantitative estimate of drug-likeness (QED) is 0.770. The normalized spacial score (nSPS) is 16.2. The van der Waals surface area contributed by atoms with Crippen LogP contribution in [0, 0.1) is 19.8 Å². The van der Waals surface area contributed by atoms with Crippen LogP contribution in [0.2, 0.25) is 0 Å². The third-order valence-electron chi connectivity index (χ3n) is 5.47. The van der Waals surface area contributed by atoms with Gasteiger partial charge in [0.2, 0.25) is 10.0 Å². The van der Waals surface area contributed by atoms with Crippen molar-refractivity contribution in [3.8, 4) is 5.75 Å². The molecular formula is C21H29N3O3S. The van der Waals surface area contributed by atoms with Crippen molar-refractivity contribution in [3.63, 3.8) is 0 Å². The molecule has 2 heterocycles. The number of sulfonamides is 1. The van der Waals surface area contributed by atoms with Crippen LogP contribution >= 0.6 is 0 Å². The summed E-state index contributed by atoms with van der Waals surface area (Å²) in [6.07, 6.45) is 5.64. The largest absolute Gasteiger partial charge is 0.495 e. The minimum atomic E-state index is -3.60. The first-order valence-corrected chi connectivity index (χ1v) is 11.1. The smallest absolute Gasteiger partial charge is 0.244 e. The first-order chi connectivity index (χ1) is 13.4. The Bertz CT molecular complexity index is 893. The summed E-state index contributed by atoms with van der Waals surface area (Å²) in [6, 6.07) is 7.51. The van der Waals surface area contributed by atoms with Gasteiger partial charge in [0, 0.05) is 25.5 Å². The molecule has 0 spiro atoms. The van der Waals surface area contributed by atoms with Gasteiger partial charge in [0.25, 0.3) is 0 Å². The first-order valence-electron chi connectivity index (χ1n) is 9.65. The van der Waals surface area contributed by atoms with Crippen molar-refractivity contribution in [2.24, 2.45) is 5.92 Å². The summed E-state index contributed by atoms with van der Waals surface area (Å²) >= 11 is 0. The second-order valence-corrected chi connectivity index (χ2v) is 9.26. The van der Waals surface area contributed by atoms with Gasteiger partial charge in [-0.15, -0.1) is 0 Å². The highest BCUT2D eigenvalue weighted by Crippen LogP contribution is 2.27. The summed E-state index contributed by atoms with van der Waals surface area (Å²) in [7, 11) is -2.10. The molecule has 0 bridgehead atoms. The van der Waals surface area contributed by atoms with Crippen LogP contribution in [0.25, 0.3) is 0 Å². The minimum Gasteiger partial charge on any atom is -0.495 e. The van der Waals surface area contributed by atoms with E-state index in [9.17, 15) is 8.42 Å². The highest BCUT2D eigenvalue weighted by Gasteiger charge is 2.24. The second-order valence-electron chi connectivity index (χ2n) is 7.52. The van der Waals surface area contributed by atoms with Crippen molar-refractivity contribution in [3.05, 3.63) is 53.3 Å². The molecule has 1 aliphatic heterocycles. The Balaban J connectivity index is 1.55. The Hall–Kier alpha value is -1.96. The zero-order chi connectivity index (χ0) is 20.1. The average molecular weight is 404 g/mol. The molecule has 152 valence electrons. The number of hydrogen-bond donors (Lipinski definition) is 1. The van der Waals surface area contributed by atoms with E-state index in [4.69, 9.17) is 4.74 Å². The lowest BCUT2D eigenvalue weighted by molar-refractivity contribution is 0.178. The number of rotatable bonds is 7. The number of nitrogens with one attached hydrogen (secondary N) is 1. The van der Waals surface area contributed by atoms with Gasteiger partial charge in [0.05, 0.1) is 7.11 Å². The van der Waals surface area contributed by atoms with E-state index < -0.39 is 10.0 Å². The number of piperidine rings is 1. The van der Waals surface area contributed by atoms with Crippen LogP contribution in [-0.2, 0) is 16.6 Å². The zero-order valence-electron chi connectivity index (χ0n) is 16.8. The third kappa shape index (κ3) is 5.10. The van der Waals surface area contributed by atoms with Gasteiger partial charge < -0.3 is 4.74 Å². The molecule has 2 aromatic rings. The van der Waals surface area contributed by atoms with Crippen LogP contribution in [0.5, 0.6) is 5.75 Å². The van der Waals surface area contributed by atoms with Gasteiger partial charge >= 0.3 is 0 Å². The molecule has 6 nitrogen and oxygen atoms in total. The van der Waals surface area contributed by atoms with Crippen molar-refractivity contribution in [2.75, 3.05) is 26.7 Å². The number of hydrogen-bond acceptors (Lipinski definition) is 5. The Labute approximate surface area is 168 Å². The summed E-state index contributed by atoms with van der Waals surface area (Å²) in [5, 5.41) is 0. The monoisotopic (exact) mass is 403 g/mol. The molecule has 0 saturated carbocycles. The maximum atomic E-state index is 12.8. The number of pyridine rings is 1. The Morgan fingerprint density at radius 1 is 1.21 bits per heavy atom. The number of ether oxygens (including phenoxy) is 1. The Kier molecular flexibility index (Phi) is 6.69. The summed E-state index contributed by atoms with van der Waals surface area (Å²) < 4.78 is 33.7. The lowest BCUT2D eigenvalue weighted by Crippen LogP contribution is -2.38. The van der Waals surface area contributed by atoms with Crippen molar-refractivity contribution in [1.82, 2.24) is 14.6 Å². The summed E-state index contributed by atoms with van der Waals surface area (Å²) in [5.41, 5.74) is 3.16. The van der Waals surface area contributed by atoms with Gasteiger partial charge in [-0.05, 0) is 80.6 Å². The molecule has 0 radical (unpaired) electrons. The minimum absolute atomic E-state index is 0.215. The number of likely N-dealkylation sites (tertiary alicyclic amines) is 1. The molecule has 28 heavy (non-hydrogen) atoms. The predicted molar refractivity (Wildman–Crippen MR) is 110 cm³/mol. The van der Waals surface area contributed by atoms with Crippen molar-refractivity contribution < 1.29 is 13.2 Å². The second kappa shape index (κ2) is 9.03. The first kappa shape index (κ1) is 20.8. The SMILES string of the molecule is COc1cc(C)c(C)cc1S(=O)(=O)NCC1CCN(Cc2cccnc2)CC1. The van der Waals surface area contributed by atoms with Gasteiger partial charge in [-0.1, -0.05) is 6.07 Å². The zero-order valence-corrected chi connectivity index (χ0v) is 17.6. The van der Waals surface area contributed by atoms with Crippen LogP contribution in [0.1, 0.15) is 29.5 Å². The van der Waals surface area contributed by atoms with E-state index in [2.05, 4.69) is 20.7 Å². The molecule has 1 aliphatic rings. The predicted octanol–water partition coefficient (Wildman–Crippen LogP) is 2.90. The maximum absolute atomic E-state index is 12.8. The average Bonchev–Trinajstić information content (AvgIpc) is 2.70. The molecule has 7 heteroatoms. The number of nitrogens with zero attached hydrogens (tertiary/aromatic N) is 2. The van der Waals surface area contributed by atoms with Gasteiger partial charge in [-0.25, -0.2) is 13.1 Å². The van der Waals surface area contributed by atoms with E-state index in [0.717, 1.165) is 43.6 Å². The van der Waals surface area contributed by atoms with Gasteiger partial charge in [-0.2, -0.15) is 0 Å². The van der Waals surface area contributed by atoms with Gasteiger partial charge in [0.15, 0.2) is 0 Å². The Morgan fingerprint density at radius 2 is 1.93 bits per heavy atom. The molecule has 0 aliphatic carbocycles. The van der Waals surface area contributed by atoms with Crippen LogP contribution < -0.4 is 9.46 Å². The standard InChI is InChI=1S/C21H29N3O3S/c1-16-11-20(27-3)21(12-17(16)2)28(25,26)23-14-18-6-9-24(10-7-18)15-19-5-4-8-22-13-19/h4-5,8,11-13,18,23H,6-7,9-10,14-15H2,1-3H3.